The van der Waals surface area contributed by atoms with Gasteiger partial charge in [-0.25, -0.2) is 0 Å². The van der Waals surface area contributed by atoms with Crippen molar-refractivity contribution in [1.82, 2.24) is 0 Å². The van der Waals surface area contributed by atoms with Crippen molar-refractivity contribution in [3.05, 3.63) is 0 Å². The Bertz CT molecular complexity index is 405. The first-order valence-corrected chi connectivity index (χ1v) is 15.4. The van der Waals surface area contributed by atoms with Crippen LogP contribution in [-0.2, 0) is 78.2 Å². The zero-order chi connectivity index (χ0) is 25.1. The molecule has 0 heterocycles. The van der Waals surface area contributed by atoms with Gasteiger partial charge in [0.05, 0.1) is 31.8 Å². The molecule has 0 rings (SSSR count). The van der Waals surface area contributed by atoms with E-state index in [2.05, 4.69) is 0 Å². The molecule has 0 saturated heterocycles. The third kappa shape index (κ3) is 16.2. The van der Waals surface area contributed by atoms with Gasteiger partial charge in [0, 0.05) is 110 Å². The zero-order valence-electron chi connectivity index (χ0n) is 22.4. The van der Waals surface area contributed by atoms with Crippen molar-refractivity contribution < 1.29 is 88.4 Å². The summed E-state index contributed by atoms with van der Waals surface area (Å²) in [5.41, 5.74) is -0.797. The summed E-state index contributed by atoms with van der Waals surface area (Å²) in [6.45, 7) is 1.20. The minimum Gasteiger partial charge on any atom is -0.396 e. The summed E-state index contributed by atoms with van der Waals surface area (Å²) in [5.74, 6) is 0. The number of ether oxygens (including phenoxy) is 2. The maximum atomic E-state index is 9.81. The van der Waals surface area contributed by atoms with Crippen molar-refractivity contribution in [3.8, 4) is 0 Å². The van der Waals surface area contributed by atoms with Crippen LogP contribution < -0.4 is 0 Å². The van der Waals surface area contributed by atoms with Crippen LogP contribution in [0.15, 0.2) is 0 Å². The molecule has 2 N–H and O–H groups in total. The van der Waals surface area contributed by atoms with E-state index in [4.69, 9.17) is 36.0 Å². The van der Waals surface area contributed by atoms with E-state index in [1.165, 1.54) is 0 Å². The van der Waals surface area contributed by atoms with Gasteiger partial charge in [0.2, 0.25) is 0 Å². The van der Waals surface area contributed by atoms with Gasteiger partial charge in [-0.05, 0) is 25.7 Å². The van der Waals surface area contributed by atoms with Crippen LogP contribution in [0.5, 0.6) is 0 Å². The Morgan fingerprint density at radius 2 is 0.829 bits per heavy atom. The number of rotatable bonds is 24. The SMILES string of the molecule is CO[Si](CCCCCOCC(CO)(CO)COCCCCC[Si](OC)(OC)OC)(OC)OC.[W].[W]. The molecule has 14 heteroatoms. The maximum absolute atomic E-state index is 9.81. The Kier molecular flexibility index (Phi) is 28.6. The van der Waals surface area contributed by atoms with Gasteiger partial charge in [-0.2, -0.15) is 0 Å². The molecule has 10 nitrogen and oxygen atoms in total. The summed E-state index contributed by atoms with van der Waals surface area (Å²) in [6.07, 6.45) is 5.47. The van der Waals surface area contributed by atoms with Crippen molar-refractivity contribution in [2.45, 2.75) is 50.6 Å². The Morgan fingerprint density at radius 1 is 0.514 bits per heavy atom. The molecule has 0 aromatic carbocycles. The minimum atomic E-state index is -2.51. The molecule has 0 fully saturated rings. The standard InChI is InChI=1S/C21H48O10Si2.2W/c1-24-32(25-2,26-3)15-11-7-9-13-30-19-21(17-22,18-23)20-31-14-10-8-12-16-33(27-4,28-5)29-6;;/h22-23H,7-20H2,1-6H3;;. The fourth-order valence-corrected chi connectivity index (χ4v) is 7.00. The fourth-order valence-electron chi connectivity index (χ4n) is 3.41. The Labute approximate surface area is 243 Å². The van der Waals surface area contributed by atoms with Crippen molar-refractivity contribution in [2.24, 2.45) is 5.41 Å². The second-order valence-corrected chi connectivity index (χ2v) is 14.3. The van der Waals surface area contributed by atoms with E-state index in [0.717, 1.165) is 50.6 Å². The van der Waals surface area contributed by atoms with Crippen LogP contribution in [-0.4, -0.2) is 110 Å². The third-order valence-electron chi connectivity index (χ3n) is 5.90. The van der Waals surface area contributed by atoms with Gasteiger partial charge in [-0.3, -0.25) is 0 Å². The van der Waals surface area contributed by atoms with Gasteiger partial charge < -0.3 is 46.2 Å². The molecular weight excluding hydrogens is 836 g/mol. The molecule has 35 heavy (non-hydrogen) atoms. The minimum absolute atomic E-state index is 0. The summed E-state index contributed by atoms with van der Waals surface area (Å²) >= 11 is 0. The van der Waals surface area contributed by atoms with Crippen molar-refractivity contribution >= 4 is 17.6 Å². The van der Waals surface area contributed by atoms with Gasteiger partial charge >= 0.3 is 17.6 Å². The fraction of sp³-hybridized carbons (Fsp3) is 1.00. The van der Waals surface area contributed by atoms with Gasteiger partial charge in [0.1, 0.15) is 0 Å². The van der Waals surface area contributed by atoms with E-state index >= 15 is 0 Å². The van der Waals surface area contributed by atoms with Crippen LogP contribution in [0.25, 0.3) is 0 Å². The smallest absolute Gasteiger partial charge is 0.396 e. The number of hydrogen-bond donors (Lipinski definition) is 2. The molecular formula is C21H48O10Si2W2. The monoisotopic (exact) mass is 884 g/mol. The molecule has 0 unspecified atom stereocenters. The van der Waals surface area contributed by atoms with Crippen molar-refractivity contribution in [1.29, 1.82) is 0 Å². The molecule has 212 valence electrons. The number of aliphatic hydroxyl groups is 2. The van der Waals surface area contributed by atoms with Gasteiger partial charge in [-0.15, -0.1) is 0 Å². The number of unbranched alkanes of at least 4 members (excludes halogenated alkanes) is 4. The quantitative estimate of drug-likeness (QED) is 0.111. The predicted molar refractivity (Wildman–Crippen MR) is 129 cm³/mol. The van der Waals surface area contributed by atoms with E-state index in [1.54, 1.807) is 42.7 Å². The normalized spacial score (nSPS) is 12.3. The van der Waals surface area contributed by atoms with Gasteiger partial charge in [0.15, 0.2) is 0 Å². The van der Waals surface area contributed by atoms with E-state index in [0.29, 0.717) is 13.2 Å². The van der Waals surface area contributed by atoms with Crippen LogP contribution in [0.3, 0.4) is 0 Å². The second-order valence-electron chi connectivity index (χ2n) is 8.13. The van der Waals surface area contributed by atoms with Crippen LogP contribution in [0.2, 0.25) is 12.1 Å². The summed E-state index contributed by atoms with van der Waals surface area (Å²) in [5, 5.41) is 19.6. The average molecular weight is 884 g/mol. The third-order valence-corrected chi connectivity index (χ3v) is 11.6. The predicted octanol–water partition coefficient (Wildman–Crippen LogP) is 2.08. The molecule has 0 aromatic heterocycles. The molecule has 0 bridgehead atoms. The van der Waals surface area contributed by atoms with Gasteiger partial charge in [0.25, 0.3) is 0 Å². The van der Waals surface area contributed by atoms with Crippen LogP contribution in [0, 0.1) is 5.41 Å². The molecule has 0 amide bonds. The van der Waals surface area contributed by atoms with Crippen molar-refractivity contribution in [2.75, 3.05) is 82.3 Å². The Hall–Kier alpha value is 1.41. The van der Waals surface area contributed by atoms with E-state index in [9.17, 15) is 10.2 Å². The van der Waals surface area contributed by atoms with Gasteiger partial charge in [-0.1, -0.05) is 12.8 Å². The molecule has 0 spiro atoms. The summed E-state index contributed by atoms with van der Waals surface area (Å²) in [6, 6.07) is 1.51. The molecule has 0 aliphatic heterocycles. The van der Waals surface area contributed by atoms with E-state index in [1.807, 2.05) is 0 Å². The first-order valence-electron chi connectivity index (χ1n) is 11.6. The number of hydrogen-bond acceptors (Lipinski definition) is 10. The Balaban J connectivity index is -0.00000512. The molecule has 0 atom stereocenters. The van der Waals surface area contributed by atoms with Crippen LogP contribution in [0.1, 0.15) is 38.5 Å². The number of aliphatic hydroxyl groups excluding tert-OH is 2. The molecule has 0 aromatic rings. The molecule has 0 saturated carbocycles. The van der Waals surface area contributed by atoms with Crippen molar-refractivity contribution in [3.63, 3.8) is 0 Å². The summed E-state index contributed by atoms with van der Waals surface area (Å²) in [7, 11) is 4.67. The van der Waals surface area contributed by atoms with Crippen LogP contribution in [0.4, 0.5) is 0 Å². The first-order chi connectivity index (χ1) is 15.9. The second kappa shape index (κ2) is 24.5. The molecule has 0 radical (unpaired) electrons. The topological polar surface area (TPSA) is 114 Å². The summed E-state index contributed by atoms with van der Waals surface area (Å²) in [4.78, 5) is 0. The zero-order valence-corrected chi connectivity index (χ0v) is 30.2. The Morgan fingerprint density at radius 3 is 1.09 bits per heavy atom. The molecule has 0 aliphatic carbocycles. The maximum Gasteiger partial charge on any atom is 0.500 e. The first kappa shape index (κ1) is 40.9. The van der Waals surface area contributed by atoms with Crippen LogP contribution >= 0.6 is 0 Å². The molecule has 0 aliphatic rings. The average Bonchev–Trinajstić information content (AvgIpc) is 2.87. The van der Waals surface area contributed by atoms with E-state index in [-0.39, 0.29) is 68.6 Å². The van der Waals surface area contributed by atoms with E-state index < -0.39 is 23.0 Å². The summed E-state index contributed by atoms with van der Waals surface area (Å²) < 4.78 is 44.0. The largest absolute Gasteiger partial charge is 0.500 e.